The topological polar surface area (TPSA) is 96.2 Å². The molecule has 0 aromatic carbocycles. The lowest BCUT2D eigenvalue weighted by atomic mass is 9.96. The third kappa shape index (κ3) is 6.79. The zero-order valence-corrected chi connectivity index (χ0v) is 17.8. The van der Waals surface area contributed by atoms with Gasteiger partial charge in [0.05, 0.1) is 13.1 Å². The van der Waals surface area contributed by atoms with Crippen molar-refractivity contribution in [3.63, 3.8) is 0 Å². The predicted octanol–water partition coefficient (Wildman–Crippen LogP) is 0.928. The number of aliphatic imine (C=N–C) groups is 1. The molecule has 0 radical (unpaired) electrons. The molecule has 1 aromatic heterocycles. The molecule has 0 saturated carbocycles. The molecule has 9 heteroatoms. The standard InChI is InChI=1S/C16H29N7O.HI/c1-5-17-15(19-9-8-18-14(24)16(2,3)4)22-12-6-7-13-20-11-21-23(13)10-12;/h11-12H,5-10H2,1-4H3,(H,18,24)(H2,17,19,22);1H. The number of rotatable bonds is 5. The molecule has 142 valence electrons. The molecule has 0 saturated heterocycles. The summed E-state index contributed by atoms with van der Waals surface area (Å²) in [4.78, 5) is 20.6. The van der Waals surface area contributed by atoms with Gasteiger partial charge in [0.1, 0.15) is 12.2 Å². The fraction of sp³-hybridized carbons (Fsp3) is 0.750. The number of carbonyl (C=O) groups is 1. The lowest BCUT2D eigenvalue weighted by Gasteiger charge is -2.25. The van der Waals surface area contributed by atoms with Crippen molar-refractivity contribution < 1.29 is 4.79 Å². The summed E-state index contributed by atoms with van der Waals surface area (Å²) in [6.07, 6.45) is 3.53. The number of nitrogens with one attached hydrogen (secondary N) is 3. The first-order chi connectivity index (χ1) is 11.4. The number of fused-ring (bicyclic) bond motifs is 1. The summed E-state index contributed by atoms with van der Waals surface area (Å²) >= 11 is 0. The minimum atomic E-state index is -0.371. The normalized spacial score (nSPS) is 17.3. The van der Waals surface area contributed by atoms with Gasteiger partial charge in [-0.05, 0) is 13.3 Å². The summed E-state index contributed by atoms with van der Waals surface area (Å²) in [6, 6.07) is 0.279. The van der Waals surface area contributed by atoms with E-state index in [0.29, 0.717) is 13.1 Å². The number of amides is 1. The van der Waals surface area contributed by atoms with Gasteiger partial charge in [0.25, 0.3) is 0 Å². The third-order valence-electron chi connectivity index (χ3n) is 3.84. The average molecular weight is 463 g/mol. The Morgan fingerprint density at radius 2 is 2.16 bits per heavy atom. The summed E-state index contributed by atoms with van der Waals surface area (Å²) in [7, 11) is 0. The van der Waals surface area contributed by atoms with Crippen LogP contribution in [-0.2, 0) is 17.8 Å². The average Bonchev–Trinajstić information content (AvgIpc) is 2.98. The minimum Gasteiger partial charge on any atom is -0.357 e. The molecule has 1 aliphatic rings. The summed E-state index contributed by atoms with van der Waals surface area (Å²) in [5, 5.41) is 13.8. The largest absolute Gasteiger partial charge is 0.357 e. The van der Waals surface area contributed by atoms with Crippen LogP contribution in [0.15, 0.2) is 11.3 Å². The number of guanidine groups is 1. The second-order valence-electron chi connectivity index (χ2n) is 7.00. The Hall–Kier alpha value is -1.39. The predicted molar refractivity (Wildman–Crippen MR) is 109 cm³/mol. The van der Waals surface area contributed by atoms with Crippen molar-refractivity contribution in [1.29, 1.82) is 0 Å². The van der Waals surface area contributed by atoms with Crippen LogP contribution in [0.2, 0.25) is 0 Å². The minimum absolute atomic E-state index is 0. The molecule has 1 aromatic rings. The summed E-state index contributed by atoms with van der Waals surface area (Å²) in [5.41, 5.74) is -0.371. The van der Waals surface area contributed by atoms with Crippen molar-refractivity contribution in [2.24, 2.45) is 10.4 Å². The van der Waals surface area contributed by atoms with Crippen LogP contribution in [-0.4, -0.2) is 52.3 Å². The number of halogens is 1. The highest BCUT2D eigenvalue weighted by Gasteiger charge is 2.21. The van der Waals surface area contributed by atoms with E-state index in [9.17, 15) is 4.79 Å². The molecular weight excluding hydrogens is 433 g/mol. The van der Waals surface area contributed by atoms with Crippen molar-refractivity contribution in [3.05, 3.63) is 12.2 Å². The van der Waals surface area contributed by atoms with Crippen LogP contribution in [0.1, 0.15) is 39.9 Å². The van der Waals surface area contributed by atoms with E-state index in [1.807, 2.05) is 32.4 Å². The fourth-order valence-electron chi connectivity index (χ4n) is 2.47. The number of aromatic nitrogens is 3. The van der Waals surface area contributed by atoms with E-state index in [4.69, 9.17) is 0 Å². The van der Waals surface area contributed by atoms with Gasteiger partial charge in [-0.25, -0.2) is 9.67 Å². The fourth-order valence-corrected chi connectivity index (χ4v) is 2.47. The second-order valence-corrected chi connectivity index (χ2v) is 7.00. The molecule has 8 nitrogen and oxygen atoms in total. The van der Waals surface area contributed by atoms with E-state index < -0.39 is 0 Å². The monoisotopic (exact) mass is 463 g/mol. The van der Waals surface area contributed by atoms with Crippen molar-refractivity contribution in [1.82, 2.24) is 30.7 Å². The number of aryl methyl sites for hydroxylation is 1. The summed E-state index contributed by atoms with van der Waals surface area (Å²) < 4.78 is 1.94. The lowest BCUT2D eigenvalue weighted by Crippen LogP contribution is -2.47. The first kappa shape index (κ1) is 21.7. The van der Waals surface area contributed by atoms with Gasteiger partial charge in [-0.15, -0.1) is 24.0 Å². The Balaban J connectivity index is 0.00000312. The molecule has 1 amide bonds. The van der Waals surface area contributed by atoms with E-state index in [1.165, 1.54) is 0 Å². The second kappa shape index (κ2) is 9.93. The highest BCUT2D eigenvalue weighted by molar-refractivity contribution is 14.0. The first-order valence-electron chi connectivity index (χ1n) is 8.60. The van der Waals surface area contributed by atoms with Gasteiger partial charge in [-0.2, -0.15) is 5.10 Å². The van der Waals surface area contributed by atoms with E-state index in [0.717, 1.165) is 37.7 Å². The molecule has 0 fully saturated rings. The van der Waals surface area contributed by atoms with Gasteiger partial charge < -0.3 is 16.0 Å². The quantitative estimate of drug-likeness (QED) is 0.261. The molecule has 0 spiro atoms. The van der Waals surface area contributed by atoms with Crippen LogP contribution in [0.3, 0.4) is 0 Å². The maximum atomic E-state index is 11.8. The van der Waals surface area contributed by atoms with E-state index in [2.05, 4.69) is 31.0 Å². The molecule has 0 aliphatic carbocycles. The van der Waals surface area contributed by atoms with E-state index in [1.54, 1.807) is 6.33 Å². The number of hydrogen-bond donors (Lipinski definition) is 3. The summed E-state index contributed by atoms with van der Waals surface area (Å²) in [5.74, 6) is 1.86. The molecule has 2 heterocycles. The van der Waals surface area contributed by atoms with E-state index in [-0.39, 0.29) is 41.3 Å². The zero-order valence-electron chi connectivity index (χ0n) is 15.5. The first-order valence-corrected chi connectivity index (χ1v) is 8.60. The summed E-state index contributed by atoms with van der Waals surface area (Å²) in [6.45, 7) is 10.4. The van der Waals surface area contributed by atoms with Gasteiger partial charge in [-0.1, -0.05) is 20.8 Å². The smallest absolute Gasteiger partial charge is 0.225 e. The van der Waals surface area contributed by atoms with Crippen LogP contribution in [0.25, 0.3) is 0 Å². The van der Waals surface area contributed by atoms with Crippen molar-refractivity contribution in [2.45, 2.75) is 53.1 Å². The number of nitrogens with zero attached hydrogens (tertiary/aromatic N) is 4. The Labute approximate surface area is 166 Å². The van der Waals surface area contributed by atoms with Gasteiger partial charge in [0, 0.05) is 31.0 Å². The van der Waals surface area contributed by atoms with Gasteiger partial charge in [0.15, 0.2) is 5.96 Å². The Kier molecular flexibility index (Phi) is 8.60. The van der Waals surface area contributed by atoms with Crippen LogP contribution in [0.4, 0.5) is 0 Å². The molecule has 2 rings (SSSR count). The van der Waals surface area contributed by atoms with Crippen molar-refractivity contribution in [2.75, 3.05) is 19.6 Å². The molecule has 25 heavy (non-hydrogen) atoms. The third-order valence-corrected chi connectivity index (χ3v) is 3.84. The van der Waals surface area contributed by atoms with E-state index >= 15 is 0 Å². The van der Waals surface area contributed by atoms with Crippen LogP contribution < -0.4 is 16.0 Å². The lowest BCUT2D eigenvalue weighted by molar-refractivity contribution is -0.128. The molecule has 1 atom stereocenters. The Morgan fingerprint density at radius 1 is 1.40 bits per heavy atom. The zero-order chi connectivity index (χ0) is 17.6. The molecular formula is C16H30IN7O. The number of hydrogen-bond acceptors (Lipinski definition) is 4. The molecule has 1 unspecified atom stereocenters. The highest BCUT2D eigenvalue weighted by Crippen LogP contribution is 2.12. The Morgan fingerprint density at radius 3 is 2.84 bits per heavy atom. The maximum absolute atomic E-state index is 11.8. The molecule has 1 aliphatic heterocycles. The van der Waals surface area contributed by atoms with Gasteiger partial charge >= 0.3 is 0 Å². The highest BCUT2D eigenvalue weighted by atomic mass is 127. The van der Waals surface area contributed by atoms with Gasteiger partial charge in [-0.3, -0.25) is 9.79 Å². The van der Waals surface area contributed by atoms with Crippen LogP contribution in [0, 0.1) is 5.41 Å². The molecule has 3 N–H and O–H groups in total. The number of carbonyl (C=O) groups excluding carboxylic acids is 1. The van der Waals surface area contributed by atoms with Crippen LogP contribution >= 0.6 is 24.0 Å². The van der Waals surface area contributed by atoms with Crippen LogP contribution in [0.5, 0.6) is 0 Å². The van der Waals surface area contributed by atoms with Gasteiger partial charge in [0.2, 0.25) is 5.91 Å². The SMILES string of the molecule is CCNC(=NCCNC(=O)C(C)(C)C)NC1CCc2ncnn2C1.I. The Bertz CT molecular complexity index is 579. The van der Waals surface area contributed by atoms with Crippen molar-refractivity contribution >= 4 is 35.8 Å². The maximum Gasteiger partial charge on any atom is 0.225 e. The molecule has 0 bridgehead atoms. The van der Waals surface area contributed by atoms with Crippen molar-refractivity contribution in [3.8, 4) is 0 Å².